The Bertz CT molecular complexity index is 1820. The molecule has 0 fully saturated rings. The molecule has 19 heteroatoms. The number of phosphoric ester groups is 2. The third-order valence-corrected chi connectivity index (χ3v) is 19.1. The highest BCUT2D eigenvalue weighted by molar-refractivity contribution is 7.47. The standard InChI is InChI=1S/C73H142O17P2/c1-9-66(8)52-44-36-27-20-16-12-10-11-13-17-21-29-39-47-55-72(77)89-68(59-83-70(75)53-45-37-28-24-23-26-34-42-50-64(4)5)61-87-91(79,80)85-57-67(74)58-86-92(81,82)88-62-69(60-84-71(76)54-46-38-32-31-35-43-51-65(6)7)90-73(78)56-48-40-30-22-18-14-15-19-25-33-41-49-63(2)3/h63-69,74H,9-62H2,1-8H3,(H,79,80)(H,81,82)/t66?,67-,68-,69-/m1/s1. The number of carbonyl (C=O) groups excluding carboxylic acids is 4. The summed E-state index contributed by atoms with van der Waals surface area (Å²) in [5.41, 5.74) is 0. The highest BCUT2D eigenvalue weighted by Crippen LogP contribution is 2.45. The number of aliphatic hydroxyl groups is 1. The normalized spacial score (nSPS) is 14.5. The topological polar surface area (TPSA) is 237 Å². The summed E-state index contributed by atoms with van der Waals surface area (Å²) in [4.78, 5) is 72.6. The minimum Gasteiger partial charge on any atom is -0.462 e. The van der Waals surface area contributed by atoms with Gasteiger partial charge in [0.1, 0.15) is 19.3 Å². The van der Waals surface area contributed by atoms with Crippen molar-refractivity contribution < 1.29 is 80.2 Å². The highest BCUT2D eigenvalue weighted by Gasteiger charge is 2.30. The molecule has 0 saturated heterocycles. The molecule has 0 spiro atoms. The number of hydrogen-bond acceptors (Lipinski definition) is 15. The zero-order valence-corrected chi connectivity index (χ0v) is 62.0. The first-order valence-corrected chi connectivity index (χ1v) is 40.7. The maximum absolute atomic E-state index is 13.0. The number of aliphatic hydroxyl groups excluding tert-OH is 1. The maximum Gasteiger partial charge on any atom is 0.472 e. The Hall–Kier alpha value is -1.94. The van der Waals surface area contributed by atoms with Crippen LogP contribution in [0, 0.1) is 23.7 Å². The average Bonchev–Trinajstić information content (AvgIpc) is 2.69. The molecule has 6 atom stereocenters. The molecule has 0 aromatic rings. The molecule has 0 aliphatic carbocycles. The number of esters is 4. The second-order valence-corrected chi connectivity index (χ2v) is 30.9. The van der Waals surface area contributed by atoms with Crippen LogP contribution in [0.4, 0.5) is 0 Å². The molecule has 0 bridgehead atoms. The lowest BCUT2D eigenvalue weighted by Crippen LogP contribution is -2.30. The van der Waals surface area contributed by atoms with E-state index in [1.165, 1.54) is 161 Å². The minimum absolute atomic E-state index is 0.105. The predicted octanol–water partition coefficient (Wildman–Crippen LogP) is 20.9. The van der Waals surface area contributed by atoms with E-state index in [0.717, 1.165) is 114 Å². The van der Waals surface area contributed by atoms with Gasteiger partial charge in [0.05, 0.1) is 26.4 Å². The molecular formula is C73H142O17P2. The Morgan fingerprint density at radius 2 is 0.522 bits per heavy atom. The summed E-state index contributed by atoms with van der Waals surface area (Å²) in [5.74, 6) is 0.890. The first-order chi connectivity index (χ1) is 44.1. The first-order valence-electron chi connectivity index (χ1n) is 37.7. The molecule has 0 amide bonds. The summed E-state index contributed by atoms with van der Waals surface area (Å²) in [7, 11) is -9.91. The Morgan fingerprint density at radius 1 is 0.304 bits per heavy atom. The van der Waals surface area contributed by atoms with E-state index in [-0.39, 0.29) is 25.7 Å². The van der Waals surface area contributed by atoms with Gasteiger partial charge in [-0.3, -0.25) is 37.3 Å². The third-order valence-electron chi connectivity index (χ3n) is 17.2. The maximum atomic E-state index is 13.0. The Labute approximate surface area is 562 Å². The van der Waals surface area contributed by atoms with Gasteiger partial charge in [0.2, 0.25) is 0 Å². The summed E-state index contributed by atoms with van der Waals surface area (Å²) in [6.07, 6.45) is 45.9. The Kier molecular flexibility index (Phi) is 61.3. The van der Waals surface area contributed by atoms with Crippen molar-refractivity contribution in [2.45, 2.75) is 382 Å². The van der Waals surface area contributed by atoms with E-state index >= 15 is 0 Å². The number of hydrogen-bond donors (Lipinski definition) is 3. The molecule has 0 aliphatic rings. The Morgan fingerprint density at radius 3 is 0.772 bits per heavy atom. The molecule has 3 unspecified atom stereocenters. The van der Waals surface area contributed by atoms with Gasteiger partial charge in [0.15, 0.2) is 12.2 Å². The molecular weight excluding hydrogens is 1210 g/mol. The van der Waals surface area contributed by atoms with Gasteiger partial charge in [-0.25, -0.2) is 9.13 Å². The lowest BCUT2D eigenvalue weighted by molar-refractivity contribution is -0.161. The summed E-state index contributed by atoms with van der Waals surface area (Å²) < 4.78 is 68.4. The summed E-state index contributed by atoms with van der Waals surface area (Å²) in [6, 6.07) is 0. The monoisotopic (exact) mass is 1350 g/mol. The number of carbonyl (C=O) groups is 4. The molecule has 3 N–H and O–H groups in total. The van der Waals surface area contributed by atoms with Gasteiger partial charge in [0.25, 0.3) is 0 Å². The van der Waals surface area contributed by atoms with Crippen LogP contribution in [-0.2, 0) is 65.4 Å². The van der Waals surface area contributed by atoms with Crippen LogP contribution < -0.4 is 0 Å². The van der Waals surface area contributed by atoms with E-state index in [1.807, 2.05) is 0 Å². The molecule has 0 heterocycles. The van der Waals surface area contributed by atoms with Crippen molar-refractivity contribution in [1.29, 1.82) is 0 Å². The van der Waals surface area contributed by atoms with Crippen molar-refractivity contribution in [3.8, 4) is 0 Å². The zero-order chi connectivity index (χ0) is 68.2. The van der Waals surface area contributed by atoms with Crippen LogP contribution >= 0.6 is 15.6 Å². The fourth-order valence-corrected chi connectivity index (χ4v) is 12.6. The second kappa shape index (κ2) is 62.6. The lowest BCUT2D eigenvalue weighted by Gasteiger charge is -2.21. The lowest BCUT2D eigenvalue weighted by atomic mass is 9.99. The van der Waals surface area contributed by atoms with Gasteiger partial charge in [0, 0.05) is 25.7 Å². The molecule has 0 aromatic carbocycles. The van der Waals surface area contributed by atoms with Crippen molar-refractivity contribution in [3.63, 3.8) is 0 Å². The van der Waals surface area contributed by atoms with Crippen molar-refractivity contribution in [2.24, 2.45) is 23.7 Å². The quantitative estimate of drug-likeness (QED) is 0.0222. The third kappa shape index (κ3) is 65.4. The number of phosphoric acid groups is 2. The minimum atomic E-state index is -4.95. The largest absolute Gasteiger partial charge is 0.472 e. The van der Waals surface area contributed by atoms with E-state index in [2.05, 4.69) is 55.4 Å². The fraction of sp³-hybridized carbons (Fsp3) is 0.945. The molecule has 0 radical (unpaired) electrons. The van der Waals surface area contributed by atoms with Gasteiger partial charge in [-0.05, 0) is 49.4 Å². The van der Waals surface area contributed by atoms with Crippen LogP contribution in [0.3, 0.4) is 0 Å². The molecule has 0 aliphatic heterocycles. The second-order valence-electron chi connectivity index (χ2n) is 28.0. The van der Waals surface area contributed by atoms with Crippen molar-refractivity contribution >= 4 is 39.5 Å². The summed E-state index contributed by atoms with van der Waals surface area (Å²) in [5, 5.41) is 10.6. The summed E-state index contributed by atoms with van der Waals surface area (Å²) in [6.45, 7) is 14.1. The van der Waals surface area contributed by atoms with Crippen LogP contribution in [-0.4, -0.2) is 96.7 Å². The average molecular weight is 1350 g/mol. The number of ether oxygens (including phenoxy) is 4. The van der Waals surface area contributed by atoms with Crippen molar-refractivity contribution in [1.82, 2.24) is 0 Å². The number of rotatable bonds is 70. The Balaban J connectivity index is 5.22. The van der Waals surface area contributed by atoms with Gasteiger partial charge in [-0.15, -0.1) is 0 Å². The number of unbranched alkanes of at least 4 members (excludes halogenated alkanes) is 35. The van der Waals surface area contributed by atoms with Gasteiger partial charge in [-0.2, -0.15) is 0 Å². The van der Waals surface area contributed by atoms with E-state index in [0.29, 0.717) is 31.6 Å². The van der Waals surface area contributed by atoms with Gasteiger partial charge < -0.3 is 33.8 Å². The molecule has 17 nitrogen and oxygen atoms in total. The van der Waals surface area contributed by atoms with Crippen LogP contribution in [0.25, 0.3) is 0 Å². The molecule has 0 aromatic heterocycles. The van der Waals surface area contributed by atoms with Crippen LogP contribution in [0.15, 0.2) is 0 Å². The molecule has 0 saturated carbocycles. The predicted molar refractivity (Wildman–Crippen MR) is 372 cm³/mol. The first kappa shape index (κ1) is 90.1. The van der Waals surface area contributed by atoms with Crippen LogP contribution in [0.2, 0.25) is 0 Å². The van der Waals surface area contributed by atoms with E-state index in [4.69, 9.17) is 37.0 Å². The van der Waals surface area contributed by atoms with Crippen molar-refractivity contribution in [2.75, 3.05) is 39.6 Å². The smallest absolute Gasteiger partial charge is 0.462 e. The van der Waals surface area contributed by atoms with Crippen LogP contribution in [0.1, 0.15) is 364 Å². The van der Waals surface area contributed by atoms with E-state index in [9.17, 15) is 43.2 Å². The van der Waals surface area contributed by atoms with Gasteiger partial charge >= 0.3 is 39.5 Å². The van der Waals surface area contributed by atoms with Crippen molar-refractivity contribution in [3.05, 3.63) is 0 Å². The van der Waals surface area contributed by atoms with Crippen LogP contribution in [0.5, 0.6) is 0 Å². The molecule has 546 valence electrons. The zero-order valence-electron chi connectivity index (χ0n) is 60.2. The highest BCUT2D eigenvalue weighted by atomic mass is 31.2. The fourth-order valence-electron chi connectivity index (χ4n) is 11.0. The summed E-state index contributed by atoms with van der Waals surface area (Å²) >= 11 is 0. The van der Waals surface area contributed by atoms with E-state index in [1.54, 1.807) is 0 Å². The SMILES string of the molecule is CCC(C)CCCCCCCCCCCCCCCCC(=O)O[C@H](COC(=O)CCCCCCCCCCC(C)C)COP(=O)(O)OC[C@@H](O)COP(=O)(O)OC[C@@H](COC(=O)CCCCCCCCC(C)C)OC(=O)CCCCCCCCCCCCCC(C)C. The molecule has 92 heavy (non-hydrogen) atoms. The molecule has 0 rings (SSSR count). The van der Waals surface area contributed by atoms with E-state index < -0.39 is 97.5 Å². The van der Waals surface area contributed by atoms with Gasteiger partial charge in [-0.1, -0.05) is 312 Å².